The summed E-state index contributed by atoms with van der Waals surface area (Å²) in [7, 11) is 1.64. The second kappa shape index (κ2) is 7.59. The normalized spacial score (nSPS) is 15.0. The van der Waals surface area contributed by atoms with E-state index in [4.69, 9.17) is 13.9 Å². The molecule has 1 amide bonds. The predicted octanol–water partition coefficient (Wildman–Crippen LogP) is 1.13. The molecular formula is C16H22N4O4. The van der Waals surface area contributed by atoms with Gasteiger partial charge in [0, 0.05) is 33.4 Å². The van der Waals surface area contributed by atoms with E-state index in [1.807, 2.05) is 0 Å². The van der Waals surface area contributed by atoms with E-state index < -0.39 is 0 Å². The van der Waals surface area contributed by atoms with Gasteiger partial charge in [-0.15, -0.1) is 0 Å². The molecule has 1 aliphatic rings. The first kappa shape index (κ1) is 16.7. The summed E-state index contributed by atoms with van der Waals surface area (Å²) < 4.78 is 16.1. The number of nitrogens with one attached hydrogen (secondary N) is 1. The number of anilines is 1. The molecule has 1 fully saturated rings. The fourth-order valence-corrected chi connectivity index (χ4v) is 2.82. The van der Waals surface area contributed by atoms with Gasteiger partial charge in [-0.2, -0.15) is 0 Å². The van der Waals surface area contributed by atoms with Crippen molar-refractivity contribution in [3.63, 3.8) is 0 Å². The number of rotatable bonds is 6. The highest BCUT2D eigenvalue weighted by atomic mass is 16.5. The molecule has 0 saturated carbocycles. The molecule has 0 aromatic carbocycles. The zero-order chi connectivity index (χ0) is 16.9. The number of ether oxygens (including phenoxy) is 2. The van der Waals surface area contributed by atoms with Crippen molar-refractivity contribution < 1.29 is 18.7 Å². The van der Waals surface area contributed by atoms with E-state index in [1.54, 1.807) is 14.0 Å². The number of aryl methyl sites for hydroxylation is 1. The minimum Gasteiger partial charge on any atom is -0.442 e. The Morgan fingerprint density at radius 1 is 1.38 bits per heavy atom. The van der Waals surface area contributed by atoms with Crippen LogP contribution >= 0.6 is 0 Å². The lowest BCUT2D eigenvalue weighted by Crippen LogP contribution is -2.37. The smallest absolute Gasteiger partial charge is 0.255 e. The molecule has 2 aromatic rings. The molecule has 2 aromatic heterocycles. The maximum Gasteiger partial charge on any atom is 0.255 e. The molecule has 0 aliphatic carbocycles. The minimum absolute atomic E-state index is 0.174. The largest absolute Gasteiger partial charge is 0.442 e. The van der Waals surface area contributed by atoms with Crippen LogP contribution in [0.1, 0.15) is 22.5 Å². The summed E-state index contributed by atoms with van der Waals surface area (Å²) in [5, 5.41) is 3.57. The van der Waals surface area contributed by atoms with E-state index in [9.17, 15) is 4.79 Å². The quantitative estimate of drug-likeness (QED) is 0.792. The molecule has 3 heterocycles. The van der Waals surface area contributed by atoms with Gasteiger partial charge in [0.25, 0.3) is 5.91 Å². The molecular weight excluding hydrogens is 312 g/mol. The van der Waals surface area contributed by atoms with Crippen LogP contribution in [0.15, 0.2) is 10.7 Å². The highest BCUT2D eigenvalue weighted by Crippen LogP contribution is 2.31. The molecule has 8 heteroatoms. The second-order valence-electron chi connectivity index (χ2n) is 5.61. The Labute approximate surface area is 140 Å². The Bertz CT molecular complexity index is 709. The molecule has 0 radical (unpaired) electrons. The summed E-state index contributed by atoms with van der Waals surface area (Å²) in [6.07, 6.45) is 2.22. The van der Waals surface area contributed by atoms with Crippen LogP contribution in [0.25, 0.3) is 11.1 Å². The fraction of sp³-hybridized carbons (Fsp3) is 0.562. The summed E-state index contributed by atoms with van der Waals surface area (Å²) in [6, 6.07) is 0. The number of methoxy groups -OCH3 is 1. The van der Waals surface area contributed by atoms with Crippen molar-refractivity contribution in [2.75, 3.05) is 51.5 Å². The van der Waals surface area contributed by atoms with Crippen molar-refractivity contribution in [2.45, 2.75) is 13.3 Å². The first-order valence-corrected chi connectivity index (χ1v) is 8.06. The molecule has 130 valence electrons. The molecule has 1 aliphatic heterocycles. The Morgan fingerprint density at radius 2 is 2.17 bits per heavy atom. The van der Waals surface area contributed by atoms with Crippen molar-refractivity contribution in [1.29, 1.82) is 0 Å². The zero-order valence-corrected chi connectivity index (χ0v) is 14.0. The third-order valence-electron chi connectivity index (χ3n) is 3.99. The lowest BCUT2D eigenvalue weighted by molar-refractivity contribution is 0.0948. The van der Waals surface area contributed by atoms with Crippen molar-refractivity contribution in [1.82, 2.24) is 15.3 Å². The van der Waals surface area contributed by atoms with E-state index in [0.29, 0.717) is 48.8 Å². The third-order valence-corrected chi connectivity index (χ3v) is 3.99. The number of fused-ring (bicyclic) bond motifs is 1. The molecule has 3 rings (SSSR count). The number of furan rings is 1. The molecule has 1 N–H and O–H groups in total. The molecule has 0 unspecified atom stereocenters. The maximum absolute atomic E-state index is 12.6. The van der Waals surface area contributed by atoms with E-state index in [2.05, 4.69) is 20.2 Å². The average molecular weight is 334 g/mol. The number of hydrogen-bond acceptors (Lipinski definition) is 7. The van der Waals surface area contributed by atoms with Gasteiger partial charge in [-0.25, -0.2) is 9.97 Å². The SMILES string of the molecule is COCCCNC(=O)c1c(C)oc2ncnc(N3CCOCC3)c12. The standard InChI is InChI=1S/C16H22N4O4/c1-11-12(15(21)17-4-3-7-22-2)13-14(18-10-19-16(13)24-11)20-5-8-23-9-6-20/h10H,3-9H2,1-2H3,(H,17,21). The monoisotopic (exact) mass is 334 g/mol. The van der Waals surface area contributed by atoms with Crippen LogP contribution < -0.4 is 10.2 Å². The number of hydrogen-bond donors (Lipinski definition) is 1. The Kier molecular flexibility index (Phi) is 5.27. The van der Waals surface area contributed by atoms with E-state index in [0.717, 1.165) is 25.3 Å². The number of carbonyl (C=O) groups is 1. The molecule has 0 spiro atoms. The van der Waals surface area contributed by atoms with E-state index in [1.165, 1.54) is 6.33 Å². The van der Waals surface area contributed by atoms with Crippen LogP contribution in [0.3, 0.4) is 0 Å². The van der Waals surface area contributed by atoms with Gasteiger partial charge in [0.2, 0.25) is 5.71 Å². The van der Waals surface area contributed by atoms with Gasteiger partial charge in [-0.1, -0.05) is 0 Å². The summed E-state index contributed by atoms with van der Waals surface area (Å²) in [5.41, 5.74) is 0.940. The molecule has 0 bridgehead atoms. The third kappa shape index (κ3) is 3.34. The van der Waals surface area contributed by atoms with Gasteiger partial charge in [-0.3, -0.25) is 4.79 Å². The molecule has 0 atom stereocenters. The van der Waals surface area contributed by atoms with Gasteiger partial charge < -0.3 is 24.1 Å². The molecule has 8 nitrogen and oxygen atoms in total. The minimum atomic E-state index is -0.174. The van der Waals surface area contributed by atoms with E-state index >= 15 is 0 Å². The first-order valence-electron chi connectivity index (χ1n) is 8.06. The average Bonchev–Trinajstić information content (AvgIpc) is 2.95. The van der Waals surface area contributed by atoms with Crippen LogP contribution in [0.2, 0.25) is 0 Å². The maximum atomic E-state index is 12.6. The predicted molar refractivity (Wildman–Crippen MR) is 88.4 cm³/mol. The Morgan fingerprint density at radius 3 is 2.92 bits per heavy atom. The first-order chi connectivity index (χ1) is 11.7. The number of aromatic nitrogens is 2. The number of carbonyl (C=O) groups excluding carboxylic acids is 1. The van der Waals surface area contributed by atoms with Crippen molar-refractivity contribution >= 4 is 22.8 Å². The Balaban J connectivity index is 1.91. The van der Waals surface area contributed by atoms with Crippen LogP contribution in [-0.4, -0.2) is 62.4 Å². The Hall–Kier alpha value is -2.19. The van der Waals surface area contributed by atoms with E-state index in [-0.39, 0.29) is 5.91 Å². The van der Waals surface area contributed by atoms with Crippen LogP contribution in [0, 0.1) is 6.92 Å². The fourth-order valence-electron chi connectivity index (χ4n) is 2.82. The van der Waals surface area contributed by atoms with Gasteiger partial charge in [0.15, 0.2) is 0 Å². The van der Waals surface area contributed by atoms with Crippen molar-refractivity contribution in [3.8, 4) is 0 Å². The molecule has 1 saturated heterocycles. The highest BCUT2D eigenvalue weighted by molar-refractivity contribution is 6.10. The van der Waals surface area contributed by atoms with Crippen molar-refractivity contribution in [2.24, 2.45) is 0 Å². The second-order valence-corrected chi connectivity index (χ2v) is 5.61. The van der Waals surface area contributed by atoms with Crippen LogP contribution in [0.5, 0.6) is 0 Å². The van der Waals surface area contributed by atoms with Crippen molar-refractivity contribution in [3.05, 3.63) is 17.7 Å². The number of amides is 1. The van der Waals surface area contributed by atoms with Gasteiger partial charge in [0.05, 0.1) is 24.2 Å². The summed E-state index contributed by atoms with van der Waals surface area (Å²) in [6.45, 7) is 5.65. The topological polar surface area (TPSA) is 89.7 Å². The van der Waals surface area contributed by atoms with Crippen LogP contribution in [-0.2, 0) is 9.47 Å². The number of nitrogens with zero attached hydrogens (tertiary/aromatic N) is 3. The lowest BCUT2D eigenvalue weighted by atomic mass is 10.1. The van der Waals surface area contributed by atoms with Gasteiger partial charge in [0.1, 0.15) is 17.9 Å². The lowest BCUT2D eigenvalue weighted by Gasteiger charge is -2.28. The molecule has 24 heavy (non-hydrogen) atoms. The summed E-state index contributed by atoms with van der Waals surface area (Å²) >= 11 is 0. The van der Waals surface area contributed by atoms with Gasteiger partial charge in [-0.05, 0) is 13.3 Å². The zero-order valence-electron chi connectivity index (χ0n) is 14.0. The number of morpholine rings is 1. The van der Waals surface area contributed by atoms with Gasteiger partial charge >= 0.3 is 0 Å². The summed E-state index contributed by atoms with van der Waals surface area (Å²) in [5.74, 6) is 1.10. The highest BCUT2D eigenvalue weighted by Gasteiger charge is 2.25. The summed E-state index contributed by atoms with van der Waals surface area (Å²) in [4.78, 5) is 23.3. The van der Waals surface area contributed by atoms with Crippen LogP contribution in [0.4, 0.5) is 5.82 Å².